The van der Waals surface area contributed by atoms with Crippen LogP contribution in [0, 0.1) is 11.7 Å². The molecular weight excluding hydrogens is 383 g/mol. The van der Waals surface area contributed by atoms with E-state index in [1.807, 2.05) is 17.0 Å². The van der Waals surface area contributed by atoms with Crippen LogP contribution in [0.2, 0.25) is 0 Å². The van der Waals surface area contributed by atoms with E-state index in [1.165, 1.54) is 6.07 Å². The van der Waals surface area contributed by atoms with Gasteiger partial charge in [0.15, 0.2) is 0 Å². The van der Waals surface area contributed by atoms with Gasteiger partial charge in [-0.3, -0.25) is 9.59 Å². The van der Waals surface area contributed by atoms with E-state index >= 15 is 0 Å². The Morgan fingerprint density at radius 3 is 2.37 bits per heavy atom. The number of carbonyl (C=O) groups excluding carboxylic acids is 2. The van der Waals surface area contributed by atoms with E-state index in [2.05, 4.69) is 5.32 Å². The van der Waals surface area contributed by atoms with E-state index in [1.54, 1.807) is 30.3 Å². The van der Waals surface area contributed by atoms with Crippen LogP contribution in [0.25, 0.3) is 0 Å². The van der Waals surface area contributed by atoms with Gasteiger partial charge in [-0.2, -0.15) is 0 Å². The summed E-state index contributed by atoms with van der Waals surface area (Å²) in [5.41, 5.74) is 1.10. The van der Waals surface area contributed by atoms with Crippen molar-refractivity contribution in [3.05, 3.63) is 65.5 Å². The lowest BCUT2D eigenvalue weighted by Crippen LogP contribution is -2.40. The predicted molar refractivity (Wildman–Crippen MR) is 112 cm³/mol. The highest BCUT2D eigenvalue weighted by atomic mass is 19.1. The van der Waals surface area contributed by atoms with Crippen molar-refractivity contribution in [1.29, 1.82) is 0 Å². The van der Waals surface area contributed by atoms with Crippen LogP contribution in [0.4, 0.5) is 4.39 Å². The van der Waals surface area contributed by atoms with Crippen molar-refractivity contribution in [3.63, 3.8) is 0 Å². The van der Waals surface area contributed by atoms with Crippen molar-refractivity contribution < 1.29 is 18.7 Å². The molecule has 2 aromatic rings. The van der Waals surface area contributed by atoms with Crippen LogP contribution in [-0.2, 0) is 11.2 Å². The monoisotopic (exact) mass is 410 g/mol. The zero-order valence-corrected chi connectivity index (χ0v) is 17.0. The van der Waals surface area contributed by atoms with Crippen LogP contribution in [0.15, 0.2) is 48.5 Å². The molecule has 1 aliphatic carbocycles. The lowest BCUT2D eigenvalue weighted by Gasteiger charge is -2.32. The molecule has 0 aromatic heterocycles. The van der Waals surface area contributed by atoms with Crippen molar-refractivity contribution in [2.45, 2.75) is 38.1 Å². The van der Waals surface area contributed by atoms with E-state index in [-0.39, 0.29) is 24.1 Å². The third kappa shape index (κ3) is 5.38. The molecule has 6 heteroatoms. The molecular formula is C24H27FN2O3. The molecule has 2 amide bonds. The highest BCUT2D eigenvalue weighted by Crippen LogP contribution is 2.22. The van der Waals surface area contributed by atoms with Crippen molar-refractivity contribution >= 4 is 11.8 Å². The Morgan fingerprint density at radius 2 is 1.70 bits per heavy atom. The summed E-state index contributed by atoms with van der Waals surface area (Å²) in [5.74, 6) is 0.734. The number of piperidine rings is 1. The third-order valence-electron chi connectivity index (χ3n) is 5.78. The molecule has 2 aromatic carbocycles. The van der Waals surface area contributed by atoms with Crippen LogP contribution in [0.1, 0.15) is 41.6 Å². The molecule has 1 heterocycles. The molecule has 0 atom stereocenters. The minimum atomic E-state index is -0.329. The fourth-order valence-electron chi connectivity index (χ4n) is 3.68. The zero-order chi connectivity index (χ0) is 20.9. The summed E-state index contributed by atoms with van der Waals surface area (Å²) in [5, 5.41) is 2.97. The lowest BCUT2D eigenvalue weighted by molar-refractivity contribution is -0.132. The summed E-state index contributed by atoms with van der Waals surface area (Å²) in [4.78, 5) is 26.3. The highest BCUT2D eigenvalue weighted by Gasteiger charge is 2.25. The average molecular weight is 410 g/mol. The largest absolute Gasteiger partial charge is 0.493 e. The first-order valence-corrected chi connectivity index (χ1v) is 10.6. The van der Waals surface area contributed by atoms with Gasteiger partial charge in [0, 0.05) is 24.7 Å². The molecule has 0 spiro atoms. The number of halogens is 1. The van der Waals surface area contributed by atoms with E-state index in [4.69, 9.17) is 4.74 Å². The van der Waals surface area contributed by atoms with E-state index in [9.17, 15) is 14.0 Å². The number of ether oxygens (including phenoxy) is 1. The fourth-order valence-corrected chi connectivity index (χ4v) is 3.68. The van der Waals surface area contributed by atoms with Gasteiger partial charge in [-0.15, -0.1) is 0 Å². The van der Waals surface area contributed by atoms with E-state index in [0.717, 1.165) is 31.4 Å². The molecule has 0 unspecified atom stereocenters. The molecule has 158 valence electrons. The van der Waals surface area contributed by atoms with Crippen molar-refractivity contribution in [1.82, 2.24) is 10.2 Å². The summed E-state index contributed by atoms with van der Waals surface area (Å²) >= 11 is 0. The highest BCUT2D eigenvalue weighted by molar-refractivity contribution is 5.94. The Kier molecular flexibility index (Phi) is 6.31. The number of likely N-dealkylation sites (tertiary alicyclic amines) is 1. The number of hydrogen-bond acceptors (Lipinski definition) is 3. The Bertz CT molecular complexity index is 888. The number of benzene rings is 2. The predicted octanol–water partition coefficient (Wildman–Crippen LogP) is 3.58. The maximum Gasteiger partial charge on any atom is 0.251 e. The second-order valence-corrected chi connectivity index (χ2v) is 8.18. The summed E-state index contributed by atoms with van der Waals surface area (Å²) in [7, 11) is 0. The van der Waals surface area contributed by atoms with Gasteiger partial charge in [0.1, 0.15) is 11.6 Å². The SMILES string of the molecule is O=C(NC1CC1)c1ccc(OCC2CCN(C(=O)Cc3ccccc3F)CC2)cc1. The molecule has 1 aliphatic heterocycles. The number of carbonyl (C=O) groups is 2. The van der Waals surface area contributed by atoms with Gasteiger partial charge in [-0.25, -0.2) is 4.39 Å². The zero-order valence-electron chi connectivity index (χ0n) is 17.0. The third-order valence-corrected chi connectivity index (χ3v) is 5.78. The van der Waals surface area contributed by atoms with Crippen molar-refractivity contribution in [3.8, 4) is 5.75 Å². The summed E-state index contributed by atoms with van der Waals surface area (Å²) in [6.45, 7) is 1.92. The second kappa shape index (κ2) is 9.28. The van der Waals surface area contributed by atoms with Crippen LogP contribution in [0.5, 0.6) is 5.75 Å². The fraction of sp³-hybridized carbons (Fsp3) is 0.417. The van der Waals surface area contributed by atoms with Gasteiger partial charge in [0.25, 0.3) is 5.91 Å². The van der Waals surface area contributed by atoms with E-state index < -0.39 is 0 Å². The summed E-state index contributed by atoms with van der Waals surface area (Å²) in [6.07, 6.45) is 3.98. The molecule has 1 saturated carbocycles. The Hall–Kier alpha value is -2.89. The van der Waals surface area contributed by atoms with Gasteiger partial charge in [0.05, 0.1) is 13.0 Å². The first-order chi connectivity index (χ1) is 14.6. The Labute approximate surface area is 176 Å². The number of amides is 2. The quantitative estimate of drug-likeness (QED) is 0.759. The minimum Gasteiger partial charge on any atom is -0.493 e. The average Bonchev–Trinajstić information content (AvgIpc) is 3.58. The molecule has 4 rings (SSSR count). The van der Waals surface area contributed by atoms with E-state index in [0.29, 0.717) is 42.8 Å². The summed E-state index contributed by atoms with van der Waals surface area (Å²) in [6, 6.07) is 14.0. The molecule has 1 N–H and O–H groups in total. The first-order valence-electron chi connectivity index (χ1n) is 10.6. The van der Waals surface area contributed by atoms with Gasteiger partial charge in [-0.1, -0.05) is 18.2 Å². The van der Waals surface area contributed by atoms with Gasteiger partial charge in [-0.05, 0) is 67.5 Å². The Morgan fingerprint density at radius 1 is 1.00 bits per heavy atom. The van der Waals surface area contributed by atoms with Crippen molar-refractivity contribution in [2.75, 3.05) is 19.7 Å². The molecule has 2 fully saturated rings. The van der Waals surface area contributed by atoms with Crippen LogP contribution >= 0.6 is 0 Å². The minimum absolute atomic E-state index is 0.0282. The van der Waals surface area contributed by atoms with Gasteiger partial charge >= 0.3 is 0 Å². The maximum atomic E-state index is 13.8. The second-order valence-electron chi connectivity index (χ2n) is 8.18. The lowest BCUT2D eigenvalue weighted by atomic mass is 9.97. The molecule has 5 nitrogen and oxygen atoms in total. The summed E-state index contributed by atoms with van der Waals surface area (Å²) < 4.78 is 19.7. The standard InChI is InChI=1S/C24H27FN2O3/c25-22-4-2-1-3-19(22)15-23(28)27-13-11-17(12-14-27)16-30-21-9-5-18(6-10-21)24(29)26-20-7-8-20/h1-6,9-10,17,20H,7-8,11-16H2,(H,26,29). The van der Waals surface area contributed by atoms with Crippen LogP contribution in [0.3, 0.4) is 0 Å². The smallest absolute Gasteiger partial charge is 0.251 e. The number of rotatable bonds is 7. The van der Waals surface area contributed by atoms with Gasteiger partial charge in [0.2, 0.25) is 5.91 Å². The number of nitrogens with zero attached hydrogens (tertiary/aromatic N) is 1. The first kappa shape index (κ1) is 20.4. The molecule has 30 heavy (non-hydrogen) atoms. The molecule has 1 saturated heterocycles. The van der Waals surface area contributed by atoms with Crippen molar-refractivity contribution in [2.24, 2.45) is 5.92 Å². The van der Waals surface area contributed by atoms with Crippen LogP contribution < -0.4 is 10.1 Å². The maximum absolute atomic E-state index is 13.8. The molecule has 2 aliphatic rings. The molecule has 0 bridgehead atoms. The Balaban J connectivity index is 1.20. The topological polar surface area (TPSA) is 58.6 Å². The molecule has 0 radical (unpaired) electrons. The number of hydrogen-bond donors (Lipinski definition) is 1. The normalized spacial score (nSPS) is 16.9. The van der Waals surface area contributed by atoms with Crippen LogP contribution in [-0.4, -0.2) is 42.5 Å². The van der Waals surface area contributed by atoms with Gasteiger partial charge < -0.3 is 15.0 Å². The number of nitrogens with one attached hydrogen (secondary N) is 1.